The van der Waals surface area contributed by atoms with Crippen LogP contribution in [0.3, 0.4) is 0 Å². The van der Waals surface area contributed by atoms with Gasteiger partial charge in [-0.05, 0) is 23.8 Å². The topological polar surface area (TPSA) is 46.5 Å². The molecule has 0 unspecified atom stereocenters. The number of hydrogen-bond acceptors (Lipinski definition) is 2. The van der Waals surface area contributed by atoms with Crippen LogP contribution in [-0.4, -0.2) is 17.9 Å². The lowest BCUT2D eigenvalue weighted by Gasteiger charge is -1.94. The Labute approximate surface area is 80.4 Å². The molecule has 0 amide bonds. The van der Waals surface area contributed by atoms with Gasteiger partial charge in [0.05, 0.1) is 0 Å². The zero-order valence-electron chi connectivity index (χ0n) is 7.31. The van der Waals surface area contributed by atoms with Gasteiger partial charge < -0.3 is 9.84 Å². The molecule has 0 spiro atoms. The van der Waals surface area contributed by atoms with E-state index in [0.29, 0.717) is 5.56 Å². The number of carboxylic acid groups (broad SMARTS) is 1. The van der Waals surface area contributed by atoms with Crippen molar-refractivity contribution < 1.29 is 19.0 Å². The summed E-state index contributed by atoms with van der Waals surface area (Å²) < 4.78 is 16.9. The lowest BCUT2D eigenvalue weighted by atomic mass is 10.2. The van der Waals surface area contributed by atoms with Gasteiger partial charge in [-0.3, -0.25) is 0 Å². The highest BCUT2D eigenvalue weighted by Crippen LogP contribution is 2.04. The van der Waals surface area contributed by atoms with Crippen LogP contribution in [0.25, 0.3) is 6.08 Å². The van der Waals surface area contributed by atoms with E-state index in [4.69, 9.17) is 5.11 Å². The van der Waals surface area contributed by atoms with Gasteiger partial charge in [0, 0.05) is 0 Å². The number of hydrogen-bond donors (Lipinski definition) is 1. The Hall–Kier alpha value is -1.84. The van der Waals surface area contributed by atoms with E-state index in [1.807, 2.05) is 0 Å². The van der Waals surface area contributed by atoms with E-state index in [2.05, 4.69) is 4.74 Å². The van der Waals surface area contributed by atoms with Crippen molar-refractivity contribution in [3.63, 3.8) is 0 Å². The minimum absolute atomic E-state index is 0.0359. The van der Waals surface area contributed by atoms with Crippen LogP contribution in [0.4, 0.5) is 9.18 Å². The SMILES string of the molecule is O=C(O)OCC=Cc1cccc(F)c1. The van der Waals surface area contributed by atoms with Gasteiger partial charge in [0.1, 0.15) is 12.4 Å². The van der Waals surface area contributed by atoms with Crippen LogP contribution in [0, 0.1) is 5.82 Å². The maximum atomic E-state index is 12.6. The molecule has 0 saturated carbocycles. The Morgan fingerprint density at radius 1 is 1.57 bits per heavy atom. The third-order valence-corrected chi connectivity index (χ3v) is 1.46. The Bertz CT molecular complexity index is 347. The summed E-state index contributed by atoms with van der Waals surface area (Å²) in [7, 11) is 0. The molecular formula is C10H9FO3. The fourth-order valence-electron chi connectivity index (χ4n) is 0.914. The maximum Gasteiger partial charge on any atom is 0.506 e. The van der Waals surface area contributed by atoms with Gasteiger partial charge in [0.25, 0.3) is 0 Å². The molecule has 0 saturated heterocycles. The predicted molar refractivity (Wildman–Crippen MR) is 49.4 cm³/mol. The Balaban J connectivity index is 2.47. The molecule has 1 aromatic rings. The lowest BCUT2D eigenvalue weighted by Crippen LogP contribution is -1.98. The van der Waals surface area contributed by atoms with E-state index < -0.39 is 6.16 Å². The fourth-order valence-corrected chi connectivity index (χ4v) is 0.914. The molecule has 4 heteroatoms. The summed E-state index contributed by atoms with van der Waals surface area (Å²) >= 11 is 0. The Morgan fingerprint density at radius 3 is 3.00 bits per heavy atom. The number of carbonyl (C=O) groups is 1. The highest BCUT2D eigenvalue weighted by atomic mass is 19.1. The van der Waals surface area contributed by atoms with E-state index in [-0.39, 0.29) is 12.4 Å². The van der Waals surface area contributed by atoms with E-state index in [1.165, 1.54) is 18.2 Å². The number of halogens is 1. The van der Waals surface area contributed by atoms with Gasteiger partial charge in [-0.1, -0.05) is 18.2 Å². The van der Waals surface area contributed by atoms with E-state index in [0.717, 1.165) is 0 Å². The highest BCUT2D eigenvalue weighted by molar-refractivity contribution is 5.57. The lowest BCUT2D eigenvalue weighted by molar-refractivity contribution is 0.102. The van der Waals surface area contributed by atoms with E-state index >= 15 is 0 Å². The summed E-state index contributed by atoms with van der Waals surface area (Å²) in [6.07, 6.45) is 1.77. The van der Waals surface area contributed by atoms with Crippen LogP contribution in [0.2, 0.25) is 0 Å². The van der Waals surface area contributed by atoms with Gasteiger partial charge in [-0.15, -0.1) is 0 Å². The summed E-state index contributed by atoms with van der Waals surface area (Å²) in [5.41, 5.74) is 0.666. The average Bonchev–Trinajstić information content (AvgIpc) is 2.12. The molecule has 3 nitrogen and oxygen atoms in total. The minimum Gasteiger partial charge on any atom is -0.450 e. The van der Waals surface area contributed by atoms with Crippen molar-refractivity contribution in [3.8, 4) is 0 Å². The molecule has 0 aliphatic rings. The molecule has 1 aromatic carbocycles. The average molecular weight is 196 g/mol. The van der Waals surface area contributed by atoms with Crippen molar-refractivity contribution in [1.82, 2.24) is 0 Å². The highest BCUT2D eigenvalue weighted by Gasteiger charge is 1.92. The second kappa shape index (κ2) is 5.01. The van der Waals surface area contributed by atoms with Gasteiger partial charge in [-0.25, -0.2) is 9.18 Å². The third kappa shape index (κ3) is 3.71. The third-order valence-electron chi connectivity index (χ3n) is 1.46. The summed E-state index contributed by atoms with van der Waals surface area (Å²) in [5.74, 6) is -0.327. The van der Waals surface area contributed by atoms with Crippen molar-refractivity contribution in [1.29, 1.82) is 0 Å². The fraction of sp³-hybridized carbons (Fsp3) is 0.100. The van der Waals surface area contributed by atoms with Crippen molar-refractivity contribution >= 4 is 12.2 Å². The van der Waals surface area contributed by atoms with Crippen LogP contribution in [0.5, 0.6) is 0 Å². The first-order valence-electron chi connectivity index (χ1n) is 3.96. The minimum atomic E-state index is -1.33. The molecule has 14 heavy (non-hydrogen) atoms. The van der Waals surface area contributed by atoms with Gasteiger partial charge in [0.2, 0.25) is 0 Å². The first-order chi connectivity index (χ1) is 6.68. The van der Waals surface area contributed by atoms with Crippen molar-refractivity contribution in [2.75, 3.05) is 6.61 Å². The zero-order chi connectivity index (χ0) is 10.4. The summed E-state index contributed by atoms with van der Waals surface area (Å²) in [4.78, 5) is 9.95. The maximum absolute atomic E-state index is 12.6. The standard InChI is InChI=1S/C10H9FO3/c11-9-5-1-3-8(7-9)4-2-6-14-10(12)13/h1-5,7H,6H2,(H,12,13). The van der Waals surface area contributed by atoms with Crippen LogP contribution in [0.1, 0.15) is 5.56 Å². The van der Waals surface area contributed by atoms with Crippen molar-refractivity contribution in [3.05, 3.63) is 41.7 Å². The molecule has 0 radical (unpaired) electrons. The molecule has 0 bridgehead atoms. The zero-order valence-corrected chi connectivity index (χ0v) is 7.31. The Kier molecular flexibility index (Phi) is 3.67. The summed E-state index contributed by atoms with van der Waals surface area (Å²) in [6.45, 7) is -0.0359. The molecule has 0 fully saturated rings. The molecule has 0 atom stereocenters. The van der Waals surface area contributed by atoms with E-state index in [9.17, 15) is 9.18 Å². The second-order valence-corrected chi connectivity index (χ2v) is 2.53. The Morgan fingerprint density at radius 2 is 2.36 bits per heavy atom. The second-order valence-electron chi connectivity index (χ2n) is 2.53. The summed E-state index contributed by atoms with van der Waals surface area (Å²) in [6, 6.07) is 5.97. The molecule has 0 aromatic heterocycles. The smallest absolute Gasteiger partial charge is 0.450 e. The number of benzene rings is 1. The van der Waals surface area contributed by atoms with Crippen LogP contribution in [0.15, 0.2) is 30.3 Å². The van der Waals surface area contributed by atoms with Gasteiger partial charge >= 0.3 is 6.16 Å². The molecule has 1 N–H and O–H groups in total. The largest absolute Gasteiger partial charge is 0.506 e. The molecule has 1 rings (SSSR count). The van der Waals surface area contributed by atoms with Crippen molar-refractivity contribution in [2.45, 2.75) is 0 Å². The molecule has 0 aliphatic carbocycles. The van der Waals surface area contributed by atoms with Gasteiger partial charge in [-0.2, -0.15) is 0 Å². The number of ether oxygens (including phenoxy) is 1. The predicted octanol–water partition coefficient (Wildman–Crippen LogP) is 2.53. The first-order valence-corrected chi connectivity index (χ1v) is 3.96. The van der Waals surface area contributed by atoms with Crippen molar-refractivity contribution in [2.24, 2.45) is 0 Å². The molecule has 0 aliphatic heterocycles. The summed E-state index contributed by atoms with van der Waals surface area (Å²) in [5, 5.41) is 8.14. The molecule has 74 valence electrons. The monoisotopic (exact) mass is 196 g/mol. The molecule has 0 heterocycles. The quantitative estimate of drug-likeness (QED) is 0.755. The first kappa shape index (κ1) is 10.2. The van der Waals surface area contributed by atoms with Crippen LogP contribution < -0.4 is 0 Å². The normalized spacial score (nSPS) is 10.4. The van der Waals surface area contributed by atoms with Gasteiger partial charge in [0.15, 0.2) is 0 Å². The van der Waals surface area contributed by atoms with Crippen LogP contribution in [-0.2, 0) is 4.74 Å². The number of rotatable bonds is 3. The van der Waals surface area contributed by atoms with Crippen LogP contribution >= 0.6 is 0 Å². The molecular weight excluding hydrogens is 187 g/mol. The van der Waals surface area contributed by atoms with E-state index in [1.54, 1.807) is 18.2 Å².